The molecule has 1 aliphatic heterocycles. The largest absolute Gasteiger partial charge is 0.475 e. The van der Waals surface area contributed by atoms with Gasteiger partial charge in [-0.05, 0) is 36.4 Å². The van der Waals surface area contributed by atoms with Crippen molar-refractivity contribution in [3.05, 3.63) is 70.0 Å². The lowest BCUT2D eigenvalue weighted by atomic mass is 10.0. The summed E-state index contributed by atoms with van der Waals surface area (Å²) >= 11 is 5.98. The molecule has 0 saturated heterocycles. The average molecular weight is 353 g/mol. The number of benzene rings is 2. The van der Waals surface area contributed by atoms with Crippen LogP contribution in [0.2, 0.25) is 5.02 Å². The molecule has 0 bridgehead atoms. The SMILES string of the molecule is Fc1cccc(C#Cc2cc(Cl)cc3c2OC(C(F)(F)F)C=C3)c1. The number of hydrogen-bond donors (Lipinski definition) is 0. The molecule has 1 atom stereocenters. The van der Waals surface area contributed by atoms with E-state index in [0.717, 1.165) is 6.08 Å². The molecular formula is C18H9ClF4O. The summed E-state index contributed by atoms with van der Waals surface area (Å²) in [6, 6.07) is 8.49. The van der Waals surface area contributed by atoms with Gasteiger partial charge in [0.25, 0.3) is 0 Å². The lowest BCUT2D eigenvalue weighted by molar-refractivity contribution is -0.180. The van der Waals surface area contributed by atoms with Crippen molar-refractivity contribution in [1.82, 2.24) is 0 Å². The van der Waals surface area contributed by atoms with E-state index in [-0.39, 0.29) is 11.3 Å². The number of hydrogen-bond acceptors (Lipinski definition) is 1. The van der Waals surface area contributed by atoms with Gasteiger partial charge in [-0.2, -0.15) is 13.2 Å². The van der Waals surface area contributed by atoms with Crippen LogP contribution >= 0.6 is 11.6 Å². The first-order chi connectivity index (χ1) is 11.3. The average Bonchev–Trinajstić information content (AvgIpc) is 2.51. The molecule has 0 amide bonds. The second-order valence-electron chi connectivity index (χ2n) is 5.07. The zero-order valence-electron chi connectivity index (χ0n) is 12.0. The molecule has 1 aliphatic rings. The van der Waals surface area contributed by atoms with Gasteiger partial charge in [0, 0.05) is 16.1 Å². The Balaban J connectivity index is 2.02. The predicted molar refractivity (Wildman–Crippen MR) is 83.3 cm³/mol. The molecule has 3 rings (SSSR count). The summed E-state index contributed by atoms with van der Waals surface area (Å²) < 4.78 is 56.8. The zero-order chi connectivity index (χ0) is 17.3. The summed E-state index contributed by atoms with van der Waals surface area (Å²) in [6.07, 6.45) is -4.35. The van der Waals surface area contributed by atoms with Crippen molar-refractivity contribution in [2.24, 2.45) is 0 Å². The molecule has 0 aromatic heterocycles. The molecule has 0 spiro atoms. The van der Waals surface area contributed by atoms with E-state index in [2.05, 4.69) is 11.8 Å². The summed E-state index contributed by atoms with van der Waals surface area (Å²) in [5, 5.41) is 0.316. The van der Waals surface area contributed by atoms with Gasteiger partial charge >= 0.3 is 6.18 Å². The minimum atomic E-state index is -4.53. The standard InChI is InChI=1S/C18H9ClF4O/c19-14-9-12(5-4-11-2-1-3-15(20)8-11)17-13(10-14)6-7-16(24-17)18(21,22)23/h1-3,6-10,16H. The van der Waals surface area contributed by atoms with Crippen LogP contribution in [0.4, 0.5) is 17.6 Å². The van der Waals surface area contributed by atoms with Crippen molar-refractivity contribution in [3.8, 4) is 17.6 Å². The number of fused-ring (bicyclic) bond motifs is 1. The Hall–Kier alpha value is -2.45. The monoisotopic (exact) mass is 352 g/mol. The summed E-state index contributed by atoms with van der Waals surface area (Å²) in [5.74, 6) is 4.96. The Morgan fingerprint density at radius 3 is 2.58 bits per heavy atom. The molecule has 0 saturated carbocycles. The maximum absolute atomic E-state index is 13.2. The van der Waals surface area contributed by atoms with Crippen LogP contribution in [0.15, 0.2) is 42.5 Å². The van der Waals surface area contributed by atoms with Crippen LogP contribution in [0.25, 0.3) is 6.08 Å². The molecule has 2 aromatic carbocycles. The fourth-order valence-corrected chi connectivity index (χ4v) is 2.43. The lowest BCUT2D eigenvalue weighted by Crippen LogP contribution is -2.34. The molecule has 0 fully saturated rings. The van der Waals surface area contributed by atoms with Crippen LogP contribution in [0.5, 0.6) is 5.75 Å². The third-order valence-corrected chi connectivity index (χ3v) is 3.48. The first-order valence-electron chi connectivity index (χ1n) is 6.85. The van der Waals surface area contributed by atoms with Crippen molar-refractivity contribution >= 4 is 17.7 Å². The summed E-state index contributed by atoms with van der Waals surface area (Å²) in [7, 11) is 0. The van der Waals surface area contributed by atoms with Crippen molar-refractivity contribution in [2.45, 2.75) is 12.3 Å². The number of ether oxygens (including phenoxy) is 1. The maximum atomic E-state index is 13.2. The summed E-state index contributed by atoms with van der Waals surface area (Å²) in [5.41, 5.74) is 1.01. The second-order valence-corrected chi connectivity index (χ2v) is 5.51. The van der Waals surface area contributed by atoms with E-state index in [4.69, 9.17) is 16.3 Å². The van der Waals surface area contributed by atoms with Gasteiger partial charge in [-0.3, -0.25) is 0 Å². The molecule has 6 heteroatoms. The van der Waals surface area contributed by atoms with Crippen molar-refractivity contribution in [3.63, 3.8) is 0 Å². The summed E-state index contributed by atoms with van der Waals surface area (Å²) in [6.45, 7) is 0. The van der Waals surface area contributed by atoms with Crippen LogP contribution < -0.4 is 4.74 Å². The van der Waals surface area contributed by atoms with E-state index in [1.165, 1.54) is 36.4 Å². The van der Waals surface area contributed by atoms with E-state index in [1.54, 1.807) is 6.07 Å². The van der Waals surface area contributed by atoms with E-state index >= 15 is 0 Å². The van der Waals surface area contributed by atoms with E-state index < -0.39 is 18.1 Å². The Bertz CT molecular complexity index is 875. The zero-order valence-corrected chi connectivity index (χ0v) is 12.8. The highest BCUT2D eigenvalue weighted by Gasteiger charge is 2.41. The molecule has 24 heavy (non-hydrogen) atoms. The molecule has 0 radical (unpaired) electrons. The first kappa shape index (κ1) is 16.4. The van der Waals surface area contributed by atoms with Gasteiger partial charge in [-0.25, -0.2) is 4.39 Å². The van der Waals surface area contributed by atoms with Gasteiger partial charge in [0.1, 0.15) is 11.6 Å². The molecular weight excluding hydrogens is 344 g/mol. The number of rotatable bonds is 0. The minimum Gasteiger partial charge on any atom is -0.475 e. The Morgan fingerprint density at radius 2 is 1.88 bits per heavy atom. The van der Waals surface area contributed by atoms with E-state index in [1.807, 2.05) is 0 Å². The van der Waals surface area contributed by atoms with Gasteiger partial charge in [0.05, 0.1) is 5.56 Å². The Morgan fingerprint density at radius 1 is 1.08 bits per heavy atom. The Labute approximate surface area is 140 Å². The predicted octanol–water partition coefficient (Wildman–Crippen LogP) is 5.22. The number of alkyl halides is 3. The fraction of sp³-hybridized carbons (Fsp3) is 0.111. The fourth-order valence-electron chi connectivity index (χ4n) is 2.20. The highest BCUT2D eigenvalue weighted by Crippen LogP contribution is 2.37. The smallest absolute Gasteiger partial charge is 0.429 e. The van der Waals surface area contributed by atoms with Crippen molar-refractivity contribution in [2.75, 3.05) is 0 Å². The molecule has 122 valence electrons. The molecule has 2 aromatic rings. The van der Waals surface area contributed by atoms with Crippen molar-refractivity contribution < 1.29 is 22.3 Å². The second kappa shape index (κ2) is 6.21. The normalized spacial score (nSPS) is 16.0. The highest BCUT2D eigenvalue weighted by atomic mass is 35.5. The van der Waals surface area contributed by atoms with Crippen LogP contribution in [-0.4, -0.2) is 12.3 Å². The van der Waals surface area contributed by atoms with Crippen LogP contribution in [-0.2, 0) is 0 Å². The minimum absolute atomic E-state index is 0.00753. The quantitative estimate of drug-likeness (QED) is 0.467. The van der Waals surface area contributed by atoms with Crippen molar-refractivity contribution in [1.29, 1.82) is 0 Å². The van der Waals surface area contributed by atoms with Crippen LogP contribution in [0.1, 0.15) is 16.7 Å². The third-order valence-electron chi connectivity index (χ3n) is 3.27. The topological polar surface area (TPSA) is 9.23 Å². The molecule has 1 heterocycles. The molecule has 0 N–H and O–H groups in total. The first-order valence-corrected chi connectivity index (χ1v) is 7.23. The lowest BCUT2D eigenvalue weighted by Gasteiger charge is -2.24. The molecule has 0 aliphatic carbocycles. The van der Waals surface area contributed by atoms with Crippen LogP contribution in [0, 0.1) is 17.7 Å². The van der Waals surface area contributed by atoms with E-state index in [0.29, 0.717) is 16.1 Å². The third kappa shape index (κ3) is 3.55. The number of halogens is 5. The highest BCUT2D eigenvalue weighted by molar-refractivity contribution is 6.31. The van der Waals surface area contributed by atoms with Crippen LogP contribution in [0.3, 0.4) is 0 Å². The molecule has 1 nitrogen and oxygen atoms in total. The van der Waals surface area contributed by atoms with Gasteiger partial charge < -0.3 is 4.74 Å². The van der Waals surface area contributed by atoms with Gasteiger partial charge in [0.2, 0.25) is 6.10 Å². The van der Waals surface area contributed by atoms with Gasteiger partial charge in [-0.1, -0.05) is 35.6 Å². The van der Waals surface area contributed by atoms with Gasteiger partial charge in [-0.15, -0.1) is 0 Å². The molecule has 1 unspecified atom stereocenters. The van der Waals surface area contributed by atoms with E-state index in [9.17, 15) is 17.6 Å². The Kier molecular flexibility index (Phi) is 4.25. The maximum Gasteiger partial charge on any atom is 0.429 e. The summed E-state index contributed by atoms with van der Waals surface area (Å²) in [4.78, 5) is 0. The van der Waals surface area contributed by atoms with Gasteiger partial charge in [0.15, 0.2) is 0 Å².